The number of benzene rings is 1. The van der Waals surface area contributed by atoms with Gasteiger partial charge >= 0.3 is 5.97 Å². The molecular weight excluding hydrogens is 224 g/mol. The third kappa shape index (κ3) is 1.80. The van der Waals surface area contributed by atoms with Crippen LogP contribution < -0.4 is 9.47 Å². The van der Waals surface area contributed by atoms with Gasteiger partial charge in [-0.15, -0.1) is 0 Å². The highest BCUT2D eigenvalue weighted by atomic mass is 16.5. The second-order valence-electron chi connectivity index (χ2n) is 3.32. The first-order valence-corrected chi connectivity index (χ1v) is 4.94. The Hall–Kier alpha value is -2.17. The number of furan rings is 1. The molecule has 5 nitrogen and oxygen atoms in total. The van der Waals surface area contributed by atoms with Crippen LogP contribution in [0.4, 0.5) is 0 Å². The van der Waals surface area contributed by atoms with Crippen LogP contribution in [0, 0.1) is 0 Å². The summed E-state index contributed by atoms with van der Waals surface area (Å²) in [7, 11) is 4.37. The van der Waals surface area contributed by atoms with E-state index in [1.807, 2.05) is 0 Å². The molecule has 2 rings (SSSR count). The van der Waals surface area contributed by atoms with Crippen molar-refractivity contribution in [3.63, 3.8) is 0 Å². The Morgan fingerprint density at radius 3 is 2.35 bits per heavy atom. The van der Waals surface area contributed by atoms with Crippen molar-refractivity contribution in [2.45, 2.75) is 0 Å². The molecule has 0 saturated carbocycles. The van der Waals surface area contributed by atoms with Gasteiger partial charge in [-0.2, -0.15) is 0 Å². The predicted molar refractivity (Wildman–Crippen MR) is 60.7 cm³/mol. The lowest BCUT2D eigenvalue weighted by Crippen LogP contribution is -1.98. The van der Waals surface area contributed by atoms with E-state index in [1.54, 1.807) is 25.3 Å². The molecule has 0 aliphatic heterocycles. The average Bonchev–Trinajstić information content (AvgIpc) is 2.81. The number of hydrogen-bond donors (Lipinski definition) is 0. The smallest absolute Gasteiger partial charge is 0.373 e. The van der Waals surface area contributed by atoms with Crippen LogP contribution in [-0.2, 0) is 4.74 Å². The van der Waals surface area contributed by atoms with Crippen molar-refractivity contribution in [3.05, 3.63) is 24.0 Å². The summed E-state index contributed by atoms with van der Waals surface area (Å²) < 4.78 is 20.3. The highest BCUT2D eigenvalue weighted by molar-refractivity contribution is 5.97. The van der Waals surface area contributed by atoms with Gasteiger partial charge in [-0.05, 0) is 12.1 Å². The van der Waals surface area contributed by atoms with Gasteiger partial charge in [0.1, 0.15) is 5.75 Å². The molecule has 0 aliphatic carbocycles. The lowest BCUT2D eigenvalue weighted by atomic mass is 10.2. The minimum absolute atomic E-state index is 0.116. The molecule has 0 bridgehead atoms. The number of fused-ring (bicyclic) bond motifs is 1. The zero-order valence-corrected chi connectivity index (χ0v) is 9.77. The Balaban J connectivity index is 2.68. The van der Waals surface area contributed by atoms with Crippen LogP contribution in [0.2, 0.25) is 0 Å². The Labute approximate surface area is 97.9 Å². The first-order valence-electron chi connectivity index (χ1n) is 4.94. The first-order chi connectivity index (χ1) is 8.21. The van der Waals surface area contributed by atoms with Crippen LogP contribution in [0.25, 0.3) is 11.0 Å². The molecule has 0 spiro atoms. The van der Waals surface area contributed by atoms with Crippen LogP contribution in [0.3, 0.4) is 0 Å². The maximum Gasteiger partial charge on any atom is 0.373 e. The summed E-state index contributed by atoms with van der Waals surface area (Å²) in [6, 6.07) is 5.03. The lowest BCUT2D eigenvalue weighted by Gasteiger charge is -2.03. The van der Waals surface area contributed by atoms with E-state index in [1.165, 1.54) is 14.2 Å². The van der Waals surface area contributed by atoms with Crippen LogP contribution in [0.1, 0.15) is 10.6 Å². The molecule has 0 saturated heterocycles. The van der Waals surface area contributed by atoms with Crippen molar-refractivity contribution in [2.24, 2.45) is 0 Å². The van der Waals surface area contributed by atoms with E-state index in [0.717, 1.165) is 0 Å². The van der Waals surface area contributed by atoms with Crippen molar-refractivity contribution in [3.8, 4) is 11.5 Å². The summed E-state index contributed by atoms with van der Waals surface area (Å²) in [5, 5.41) is 0.673. The molecular formula is C12H12O5. The van der Waals surface area contributed by atoms with Crippen molar-refractivity contribution in [1.29, 1.82) is 0 Å². The predicted octanol–water partition coefficient (Wildman–Crippen LogP) is 2.24. The Bertz CT molecular complexity index is 514. The topological polar surface area (TPSA) is 57.9 Å². The van der Waals surface area contributed by atoms with Gasteiger partial charge in [0, 0.05) is 6.07 Å². The van der Waals surface area contributed by atoms with E-state index in [4.69, 9.17) is 13.9 Å². The summed E-state index contributed by atoms with van der Waals surface area (Å²) >= 11 is 0. The van der Waals surface area contributed by atoms with E-state index < -0.39 is 5.97 Å². The molecule has 0 amide bonds. The van der Waals surface area contributed by atoms with Gasteiger partial charge in [-0.1, -0.05) is 0 Å². The maximum atomic E-state index is 11.4. The average molecular weight is 236 g/mol. The van der Waals surface area contributed by atoms with Gasteiger partial charge in [0.2, 0.25) is 5.76 Å². The number of ether oxygens (including phenoxy) is 3. The number of carbonyl (C=O) groups is 1. The molecule has 17 heavy (non-hydrogen) atoms. The molecule has 0 unspecified atom stereocenters. The van der Waals surface area contributed by atoms with E-state index in [0.29, 0.717) is 22.5 Å². The molecule has 5 heteroatoms. The van der Waals surface area contributed by atoms with Gasteiger partial charge in [0.15, 0.2) is 11.3 Å². The lowest BCUT2D eigenvalue weighted by molar-refractivity contribution is 0.0567. The summed E-state index contributed by atoms with van der Waals surface area (Å²) in [4.78, 5) is 11.4. The molecule has 0 aliphatic rings. The molecule has 0 fully saturated rings. The molecule has 1 aromatic heterocycles. The highest BCUT2D eigenvalue weighted by Crippen LogP contribution is 2.35. The van der Waals surface area contributed by atoms with Crippen LogP contribution in [0.5, 0.6) is 11.5 Å². The standard InChI is InChI=1S/C12H12O5/c1-14-8-4-5-9(15-2)11-7(8)6-10(17-11)12(13)16-3/h4-6H,1-3H3. The van der Waals surface area contributed by atoms with Crippen LogP contribution in [0.15, 0.2) is 22.6 Å². The van der Waals surface area contributed by atoms with Gasteiger partial charge in [0.05, 0.1) is 26.7 Å². The SMILES string of the molecule is COC(=O)c1cc2c(OC)ccc(OC)c2o1. The van der Waals surface area contributed by atoms with E-state index in [9.17, 15) is 4.79 Å². The third-order valence-electron chi connectivity index (χ3n) is 2.43. The minimum atomic E-state index is -0.537. The molecule has 2 aromatic rings. The van der Waals surface area contributed by atoms with Gasteiger partial charge in [-0.3, -0.25) is 0 Å². The van der Waals surface area contributed by atoms with Crippen LogP contribution in [-0.4, -0.2) is 27.3 Å². The molecule has 0 radical (unpaired) electrons. The van der Waals surface area contributed by atoms with Gasteiger partial charge in [-0.25, -0.2) is 4.79 Å². The second kappa shape index (κ2) is 4.37. The van der Waals surface area contributed by atoms with Gasteiger partial charge in [0.25, 0.3) is 0 Å². The van der Waals surface area contributed by atoms with Crippen molar-refractivity contribution in [1.82, 2.24) is 0 Å². The normalized spacial score (nSPS) is 10.3. The number of esters is 1. The third-order valence-corrected chi connectivity index (χ3v) is 2.43. The summed E-state index contributed by atoms with van der Waals surface area (Å²) in [6.45, 7) is 0. The zero-order chi connectivity index (χ0) is 12.4. The molecule has 1 aromatic carbocycles. The largest absolute Gasteiger partial charge is 0.496 e. The number of methoxy groups -OCH3 is 3. The van der Waals surface area contributed by atoms with Crippen LogP contribution >= 0.6 is 0 Å². The quantitative estimate of drug-likeness (QED) is 0.765. The second-order valence-corrected chi connectivity index (χ2v) is 3.32. The molecule has 1 heterocycles. The highest BCUT2D eigenvalue weighted by Gasteiger charge is 2.18. The number of carbonyl (C=O) groups excluding carboxylic acids is 1. The minimum Gasteiger partial charge on any atom is -0.496 e. The summed E-state index contributed by atoms with van der Waals surface area (Å²) in [5.74, 6) is 0.728. The maximum absolute atomic E-state index is 11.4. The fourth-order valence-corrected chi connectivity index (χ4v) is 1.61. The monoisotopic (exact) mass is 236 g/mol. The van der Waals surface area contributed by atoms with Crippen molar-refractivity contribution in [2.75, 3.05) is 21.3 Å². The first kappa shape index (κ1) is 11.3. The molecule has 0 atom stereocenters. The molecule has 90 valence electrons. The zero-order valence-electron chi connectivity index (χ0n) is 9.77. The fourth-order valence-electron chi connectivity index (χ4n) is 1.61. The van der Waals surface area contributed by atoms with Crippen molar-refractivity contribution < 1.29 is 23.4 Å². The number of rotatable bonds is 3. The Morgan fingerprint density at radius 2 is 1.76 bits per heavy atom. The van der Waals surface area contributed by atoms with Gasteiger partial charge < -0.3 is 18.6 Å². The summed E-state index contributed by atoms with van der Waals surface area (Å²) in [5.41, 5.74) is 0.465. The fraction of sp³-hybridized carbons (Fsp3) is 0.250. The molecule has 0 N–H and O–H groups in total. The van der Waals surface area contributed by atoms with E-state index in [-0.39, 0.29) is 5.76 Å². The Morgan fingerprint density at radius 1 is 1.12 bits per heavy atom. The van der Waals surface area contributed by atoms with Crippen molar-refractivity contribution >= 4 is 16.9 Å². The Kier molecular flexibility index (Phi) is 2.91. The number of hydrogen-bond acceptors (Lipinski definition) is 5. The van der Waals surface area contributed by atoms with E-state index in [2.05, 4.69) is 4.74 Å². The van der Waals surface area contributed by atoms with E-state index >= 15 is 0 Å². The summed E-state index contributed by atoms with van der Waals surface area (Å²) in [6.07, 6.45) is 0.